The quantitative estimate of drug-likeness (QED) is 0.108. The molecule has 0 fully saturated rings. The minimum absolute atomic E-state index is 0.271. The van der Waals surface area contributed by atoms with Crippen LogP contribution in [0.2, 0.25) is 0 Å². The van der Waals surface area contributed by atoms with E-state index in [0.717, 1.165) is 27.1 Å². The third-order valence-corrected chi connectivity index (χ3v) is 6.02. The highest BCUT2D eigenvalue weighted by atomic mass is 16.5. The highest BCUT2D eigenvalue weighted by Crippen LogP contribution is 2.27. The van der Waals surface area contributed by atoms with Gasteiger partial charge in [0.15, 0.2) is 0 Å². The molecule has 186 valence electrons. The molecule has 5 aromatic carbocycles. The van der Waals surface area contributed by atoms with Gasteiger partial charge in [-0.15, -0.1) is 0 Å². The lowest BCUT2D eigenvalue weighted by Crippen LogP contribution is -2.32. The number of hydrogen-bond acceptors (Lipinski definition) is 5. The summed E-state index contributed by atoms with van der Waals surface area (Å²) in [5, 5.41) is 10.0. The lowest BCUT2D eigenvalue weighted by atomic mass is 10.0. The van der Waals surface area contributed by atoms with Crippen LogP contribution in [-0.2, 0) is 9.59 Å². The van der Waals surface area contributed by atoms with E-state index < -0.39 is 17.8 Å². The van der Waals surface area contributed by atoms with Gasteiger partial charge in [-0.05, 0) is 47.3 Å². The van der Waals surface area contributed by atoms with Crippen LogP contribution in [0.1, 0.15) is 21.5 Å². The number of rotatable bonds is 5. The maximum absolute atomic E-state index is 12.8. The molecule has 0 saturated heterocycles. The van der Waals surface area contributed by atoms with Crippen molar-refractivity contribution in [2.45, 2.75) is 6.92 Å². The largest absolute Gasteiger partial charge is 0.422 e. The molecule has 0 aromatic heterocycles. The Morgan fingerprint density at radius 3 is 2.13 bits per heavy atom. The first-order chi connectivity index (χ1) is 18.5. The Morgan fingerprint density at radius 2 is 1.37 bits per heavy atom. The van der Waals surface area contributed by atoms with Crippen LogP contribution in [0.25, 0.3) is 21.5 Å². The van der Waals surface area contributed by atoms with E-state index in [1.54, 1.807) is 30.3 Å². The number of carbonyl (C=O) groups excluding carboxylic acids is 3. The molecule has 0 radical (unpaired) electrons. The summed E-state index contributed by atoms with van der Waals surface area (Å²) in [6.45, 7) is 1.93. The fraction of sp³-hybridized carbons (Fsp3) is 0.0323. The summed E-state index contributed by atoms with van der Waals surface area (Å²) in [7, 11) is 0. The van der Waals surface area contributed by atoms with Crippen LogP contribution >= 0.6 is 0 Å². The monoisotopic (exact) mass is 501 g/mol. The van der Waals surface area contributed by atoms with E-state index in [4.69, 9.17) is 4.74 Å². The number of nitrogens with zero attached hydrogens (tertiary/aromatic N) is 1. The van der Waals surface area contributed by atoms with Gasteiger partial charge in [0.25, 0.3) is 0 Å². The second kappa shape index (κ2) is 10.8. The van der Waals surface area contributed by atoms with Gasteiger partial charge in [-0.3, -0.25) is 9.59 Å². The van der Waals surface area contributed by atoms with E-state index in [1.165, 1.54) is 6.21 Å². The summed E-state index contributed by atoms with van der Waals surface area (Å²) in [6.07, 6.45) is 1.36. The number of ether oxygens (including phenoxy) is 1. The van der Waals surface area contributed by atoms with Gasteiger partial charge >= 0.3 is 17.8 Å². The Balaban J connectivity index is 1.35. The van der Waals surface area contributed by atoms with Crippen molar-refractivity contribution in [3.63, 3.8) is 0 Å². The average molecular weight is 502 g/mol. The van der Waals surface area contributed by atoms with E-state index in [1.807, 2.05) is 79.7 Å². The molecule has 2 amide bonds. The van der Waals surface area contributed by atoms with E-state index in [9.17, 15) is 14.4 Å². The molecule has 5 aromatic rings. The Morgan fingerprint density at radius 1 is 0.711 bits per heavy atom. The summed E-state index contributed by atoms with van der Waals surface area (Å²) in [6, 6.07) is 31.0. The lowest BCUT2D eigenvalue weighted by molar-refractivity contribution is -0.136. The fourth-order valence-corrected chi connectivity index (χ4v) is 4.07. The molecule has 2 N–H and O–H groups in total. The molecule has 0 aliphatic rings. The van der Waals surface area contributed by atoms with Gasteiger partial charge in [0.1, 0.15) is 5.75 Å². The number of nitrogens with one attached hydrogen (secondary N) is 2. The van der Waals surface area contributed by atoms with Crippen molar-refractivity contribution in [3.8, 4) is 5.75 Å². The van der Waals surface area contributed by atoms with Crippen molar-refractivity contribution in [1.82, 2.24) is 5.43 Å². The summed E-state index contributed by atoms with van der Waals surface area (Å²) >= 11 is 0. The molecule has 0 saturated carbocycles. The smallest absolute Gasteiger partial charge is 0.343 e. The molecule has 0 spiro atoms. The molecule has 7 heteroatoms. The maximum Gasteiger partial charge on any atom is 0.343 e. The first kappa shape index (κ1) is 24.4. The van der Waals surface area contributed by atoms with Gasteiger partial charge in [0, 0.05) is 16.6 Å². The van der Waals surface area contributed by atoms with Crippen molar-refractivity contribution in [2.24, 2.45) is 5.10 Å². The third-order valence-electron chi connectivity index (χ3n) is 6.02. The van der Waals surface area contributed by atoms with Gasteiger partial charge in [-0.2, -0.15) is 5.10 Å². The Hall–Kier alpha value is -5.30. The molecular formula is C31H23N3O4. The molecule has 0 heterocycles. The number of aryl methyl sites for hydroxylation is 1. The van der Waals surface area contributed by atoms with Crippen LogP contribution in [0.4, 0.5) is 5.69 Å². The molecule has 0 bridgehead atoms. The zero-order valence-electron chi connectivity index (χ0n) is 20.5. The molecule has 0 unspecified atom stereocenters. The number of esters is 1. The second-order valence-corrected chi connectivity index (χ2v) is 8.63. The van der Waals surface area contributed by atoms with Crippen LogP contribution in [0.15, 0.2) is 108 Å². The van der Waals surface area contributed by atoms with Gasteiger partial charge < -0.3 is 10.1 Å². The normalized spacial score (nSPS) is 11.0. The molecule has 5 rings (SSSR count). The van der Waals surface area contributed by atoms with Crippen LogP contribution in [0.3, 0.4) is 0 Å². The van der Waals surface area contributed by atoms with Crippen molar-refractivity contribution in [3.05, 3.63) is 120 Å². The van der Waals surface area contributed by atoms with Crippen molar-refractivity contribution in [2.75, 3.05) is 5.32 Å². The van der Waals surface area contributed by atoms with Crippen LogP contribution < -0.4 is 15.5 Å². The van der Waals surface area contributed by atoms with Crippen LogP contribution in [0.5, 0.6) is 5.75 Å². The number of anilines is 1. The Bertz CT molecular complexity index is 1700. The van der Waals surface area contributed by atoms with E-state index in [2.05, 4.69) is 15.8 Å². The predicted octanol–water partition coefficient (Wildman–Crippen LogP) is 5.61. The van der Waals surface area contributed by atoms with E-state index in [0.29, 0.717) is 16.8 Å². The fourth-order valence-electron chi connectivity index (χ4n) is 4.07. The molecule has 38 heavy (non-hydrogen) atoms. The van der Waals surface area contributed by atoms with Crippen molar-refractivity contribution in [1.29, 1.82) is 0 Å². The minimum Gasteiger partial charge on any atom is -0.422 e. The summed E-state index contributed by atoms with van der Waals surface area (Å²) in [5.74, 6) is -2.05. The van der Waals surface area contributed by atoms with E-state index >= 15 is 0 Å². The number of carbonyl (C=O) groups is 3. The first-order valence-corrected chi connectivity index (χ1v) is 11.9. The first-order valence-electron chi connectivity index (χ1n) is 11.9. The van der Waals surface area contributed by atoms with E-state index in [-0.39, 0.29) is 5.75 Å². The maximum atomic E-state index is 12.8. The Kier molecular flexibility index (Phi) is 6.91. The zero-order valence-corrected chi connectivity index (χ0v) is 20.5. The molecule has 0 aliphatic heterocycles. The SMILES string of the molecule is Cc1ccc(C(=O)Oc2ccc3ccccc3c2C=NNC(=O)C(=O)Nc2cccc3ccccc23)cc1. The predicted molar refractivity (Wildman–Crippen MR) is 148 cm³/mol. The minimum atomic E-state index is -0.937. The summed E-state index contributed by atoms with van der Waals surface area (Å²) < 4.78 is 5.68. The number of benzene rings is 5. The van der Waals surface area contributed by atoms with Crippen LogP contribution in [-0.4, -0.2) is 24.0 Å². The molecular weight excluding hydrogens is 478 g/mol. The Labute approximate surface area is 218 Å². The highest BCUT2D eigenvalue weighted by molar-refractivity contribution is 6.40. The standard InChI is InChI=1S/C31H23N3O4/c1-20-13-15-23(16-14-20)31(37)38-28-18-17-22-8-2-4-10-24(22)26(28)19-32-34-30(36)29(35)33-27-12-6-9-21-7-3-5-11-25(21)27/h2-19H,1H3,(H,33,35)(H,34,36). The number of fused-ring (bicyclic) bond motifs is 2. The highest BCUT2D eigenvalue weighted by Gasteiger charge is 2.16. The van der Waals surface area contributed by atoms with Crippen molar-refractivity contribution >= 4 is 51.2 Å². The van der Waals surface area contributed by atoms with Gasteiger partial charge in [0.2, 0.25) is 0 Å². The number of hydrazone groups is 1. The summed E-state index contributed by atoms with van der Waals surface area (Å²) in [5.41, 5.74) is 4.70. The van der Waals surface area contributed by atoms with Crippen molar-refractivity contribution < 1.29 is 19.1 Å². The molecule has 0 atom stereocenters. The third kappa shape index (κ3) is 5.27. The van der Waals surface area contributed by atoms with Crippen LogP contribution in [0, 0.1) is 6.92 Å². The van der Waals surface area contributed by atoms with Gasteiger partial charge in [0.05, 0.1) is 11.8 Å². The summed E-state index contributed by atoms with van der Waals surface area (Å²) in [4.78, 5) is 37.8. The molecule has 0 aliphatic carbocycles. The van der Waals surface area contributed by atoms with Gasteiger partial charge in [-0.1, -0.05) is 84.4 Å². The number of amides is 2. The van der Waals surface area contributed by atoms with Gasteiger partial charge in [-0.25, -0.2) is 10.2 Å². The lowest BCUT2D eigenvalue weighted by Gasteiger charge is -2.11. The average Bonchev–Trinajstić information content (AvgIpc) is 2.94. The zero-order chi connectivity index (χ0) is 26.5. The molecule has 7 nitrogen and oxygen atoms in total. The topological polar surface area (TPSA) is 96.9 Å². The second-order valence-electron chi connectivity index (χ2n) is 8.63. The number of hydrogen-bond donors (Lipinski definition) is 2.